The van der Waals surface area contributed by atoms with Crippen molar-refractivity contribution in [1.29, 1.82) is 0 Å². The van der Waals surface area contributed by atoms with Crippen molar-refractivity contribution >= 4 is 188 Å². The van der Waals surface area contributed by atoms with Gasteiger partial charge in [0.2, 0.25) is 0 Å². The summed E-state index contributed by atoms with van der Waals surface area (Å²) in [7, 11) is 0. The number of hydrogen-bond donors (Lipinski definition) is 8. The molecule has 0 heterocycles. The smallest absolute Gasteiger partial charge is 0.313 e. The number of unbranched alkanes of at least 4 members (excludes halogenated alkanes) is 2. The van der Waals surface area contributed by atoms with Crippen molar-refractivity contribution in [2.24, 2.45) is 0 Å². The Hall–Kier alpha value is -6.94. The first-order valence-electron chi connectivity index (χ1n) is 33.5. The molecule has 0 fully saturated rings. The van der Waals surface area contributed by atoms with Crippen LogP contribution in [0, 0.1) is 34.9 Å². The van der Waals surface area contributed by atoms with Crippen LogP contribution in [0.5, 0.6) is 0 Å². The van der Waals surface area contributed by atoms with Gasteiger partial charge < -0.3 is 40.9 Å². The van der Waals surface area contributed by atoms with E-state index >= 15 is 0 Å². The normalized spacial score (nSPS) is 10.1. The Bertz CT molecular complexity index is 4100. The third-order valence-corrected chi connectivity index (χ3v) is 22.7. The summed E-state index contributed by atoms with van der Waals surface area (Å²) < 4.78 is 75.9. The molecule has 0 bridgehead atoms. The highest BCUT2D eigenvalue weighted by atomic mass is 35.5. The molecule has 34 heteroatoms. The Labute approximate surface area is 700 Å². The van der Waals surface area contributed by atoms with Crippen LogP contribution in [0.15, 0.2) is 221 Å². The molecule has 0 saturated carbocycles. The molecule has 0 amide bonds. The van der Waals surface area contributed by atoms with Gasteiger partial charge in [-0.05, 0) is 231 Å². The molecule has 0 atom stereocenters. The standard InChI is InChI=1S/C12H15FO2S.2C10H10Cl2O2S.3C10H11FO2S.2C8H7FO2S/c13-10-5-4-6-11(9-10)16-8-3-1-2-7-12(14)15;11-8-4-3-7(6-9(8)12)15-5-1-2-10(13)14;11-7-3-4-8(12)9(6-7)15-5-1-2-10(13)14;11-8-3-1-4-9(7-8)14-6-2-5-10(12)13;11-8-3-5-9(6-4-8)14-7-1-2-10(12)13;11-8-4-1-2-5-9(8)14-7-3-6-10(12)13;9-6-1-3-7(4-2-6)12-5-8(10)11;9-6-2-1-3-7(4-6)12-5-8(10)11/h4-6,9H,1-3,7-8H2,(H,14,15);2*3-4,6H,1-2,5H2,(H,13,14);1,3-4,7H,2,5-6H2,(H,12,13);3-6H,1-2,7H2,(H,12,13);1-2,4-5H,3,6-7H2,(H,12,13);2*1-4H,5H2,(H,10,11). The first kappa shape index (κ1) is 103. The molecular weight excluding hydrogens is 1710 g/mol. The van der Waals surface area contributed by atoms with Gasteiger partial charge in [-0.1, -0.05) is 83.2 Å². The molecule has 8 N–H and O–H groups in total. The highest BCUT2D eigenvalue weighted by molar-refractivity contribution is 8.01. The molecule has 0 radical (unpaired) electrons. The maximum absolute atomic E-state index is 13.0. The lowest BCUT2D eigenvalue weighted by molar-refractivity contribution is -0.138. The Balaban J connectivity index is 0.000000641. The third kappa shape index (κ3) is 59.7. The molecule has 0 saturated heterocycles. The first-order chi connectivity index (χ1) is 53.3. The largest absolute Gasteiger partial charge is 0.481 e. The Morgan fingerprint density at radius 1 is 0.250 bits per heavy atom. The zero-order chi connectivity index (χ0) is 83.4. The Morgan fingerprint density at radius 3 is 0.955 bits per heavy atom. The molecule has 0 aliphatic rings. The molecular formula is C78H82Cl4F6O16S8. The molecule has 8 rings (SSSR count). The van der Waals surface area contributed by atoms with Crippen molar-refractivity contribution in [2.75, 3.05) is 46.0 Å². The van der Waals surface area contributed by atoms with Crippen LogP contribution in [0.25, 0.3) is 0 Å². The van der Waals surface area contributed by atoms with Gasteiger partial charge in [-0.25, -0.2) is 26.3 Å². The predicted octanol–water partition coefficient (Wildman–Crippen LogP) is 23.8. The lowest BCUT2D eigenvalue weighted by Gasteiger charge is -2.03. The van der Waals surface area contributed by atoms with Crippen molar-refractivity contribution in [3.8, 4) is 0 Å². The number of thioether (sulfide) groups is 8. The minimum Gasteiger partial charge on any atom is -0.481 e. The van der Waals surface area contributed by atoms with Crippen LogP contribution in [0.4, 0.5) is 26.3 Å². The monoisotopic (exact) mass is 1780 g/mol. The van der Waals surface area contributed by atoms with Crippen LogP contribution < -0.4 is 0 Å². The maximum Gasteiger partial charge on any atom is 0.313 e. The average Bonchev–Trinajstić information content (AvgIpc) is 0.887. The van der Waals surface area contributed by atoms with Crippen LogP contribution in [0.1, 0.15) is 89.9 Å². The lowest BCUT2D eigenvalue weighted by atomic mass is 10.2. The molecule has 0 aromatic heterocycles. The second kappa shape index (κ2) is 64.3. The fourth-order valence-corrected chi connectivity index (χ4v) is 15.1. The van der Waals surface area contributed by atoms with E-state index in [9.17, 15) is 64.7 Å². The van der Waals surface area contributed by atoms with Gasteiger partial charge in [-0.15, -0.1) is 94.1 Å². The van der Waals surface area contributed by atoms with E-state index in [2.05, 4.69) is 0 Å². The maximum atomic E-state index is 13.0. The van der Waals surface area contributed by atoms with Crippen molar-refractivity contribution in [3.63, 3.8) is 0 Å². The zero-order valence-corrected chi connectivity index (χ0v) is 69.3. The fourth-order valence-electron chi connectivity index (χ4n) is 7.53. The Kier molecular flexibility index (Phi) is 59.2. The minimum absolute atomic E-state index is 0.00559. The molecule has 0 aliphatic heterocycles. The van der Waals surface area contributed by atoms with Crippen LogP contribution in [0.2, 0.25) is 20.1 Å². The average molecular weight is 1790 g/mol. The number of hydrogen-bond acceptors (Lipinski definition) is 16. The topological polar surface area (TPSA) is 298 Å². The molecule has 0 spiro atoms. The molecule has 112 heavy (non-hydrogen) atoms. The van der Waals surface area contributed by atoms with E-state index in [1.165, 1.54) is 114 Å². The molecule has 0 unspecified atom stereocenters. The quantitative estimate of drug-likeness (QED) is 0.0101. The highest BCUT2D eigenvalue weighted by Gasteiger charge is 2.09. The van der Waals surface area contributed by atoms with Gasteiger partial charge in [0.05, 0.1) is 26.6 Å². The Morgan fingerprint density at radius 2 is 0.571 bits per heavy atom. The van der Waals surface area contributed by atoms with Crippen molar-refractivity contribution in [1.82, 2.24) is 0 Å². The number of aliphatic carboxylic acids is 8. The van der Waals surface area contributed by atoms with E-state index in [-0.39, 0.29) is 84.9 Å². The van der Waals surface area contributed by atoms with Gasteiger partial charge in [0, 0.05) is 82.7 Å². The van der Waals surface area contributed by atoms with Crippen LogP contribution in [-0.2, 0) is 38.4 Å². The van der Waals surface area contributed by atoms with Gasteiger partial charge in [0.15, 0.2) is 0 Å². The summed E-state index contributed by atoms with van der Waals surface area (Å²) in [5, 5.41) is 69.5. The lowest BCUT2D eigenvalue weighted by Crippen LogP contribution is -1.97. The van der Waals surface area contributed by atoms with E-state index in [1.54, 1.807) is 132 Å². The highest BCUT2D eigenvalue weighted by Crippen LogP contribution is 2.32. The van der Waals surface area contributed by atoms with Gasteiger partial charge in [-0.3, -0.25) is 38.4 Å². The van der Waals surface area contributed by atoms with Crippen LogP contribution >= 0.6 is 140 Å². The minimum atomic E-state index is -0.899. The summed E-state index contributed by atoms with van der Waals surface area (Å²) in [5.41, 5.74) is 0. The number of halogens is 10. The van der Waals surface area contributed by atoms with Crippen LogP contribution in [0.3, 0.4) is 0 Å². The third-order valence-electron chi connectivity index (χ3n) is 12.7. The SMILES string of the molecule is O=C(O)CCCCCSc1cccc(F)c1.O=C(O)CCCSc1cc(Cl)ccc1Cl.O=C(O)CCCSc1ccc(Cl)c(Cl)c1.O=C(O)CCCSc1ccc(F)cc1.O=C(O)CCCSc1cccc(F)c1.O=C(O)CCCSc1ccccc1F.O=C(O)CSc1ccc(F)cc1.O=C(O)CSc1cccc(F)c1. The number of benzene rings is 8. The molecule has 8 aromatic rings. The van der Waals surface area contributed by atoms with E-state index in [4.69, 9.17) is 87.3 Å². The van der Waals surface area contributed by atoms with Gasteiger partial charge >= 0.3 is 47.8 Å². The summed E-state index contributed by atoms with van der Waals surface area (Å²) in [6, 6.07) is 47.8. The second-order valence-corrected chi connectivity index (χ2v) is 32.7. The van der Waals surface area contributed by atoms with E-state index in [1.807, 2.05) is 18.2 Å². The van der Waals surface area contributed by atoms with Crippen molar-refractivity contribution in [3.05, 3.63) is 237 Å². The molecule has 8 aromatic carbocycles. The van der Waals surface area contributed by atoms with Gasteiger partial charge in [0.25, 0.3) is 0 Å². The number of carbonyl (C=O) groups is 8. The summed E-state index contributed by atoms with van der Waals surface area (Å²) in [5.74, 6) is -3.56. The predicted molar refractivity (Wildman–Crippen MR) is 443 cm³/mol. The van der Waals surface area contributed by atoms with Crippen LogP contribution in [-0.4, -0.2) is 135 Å². The van der Waals surface area contributed by atoms with Gasteiger partial charge in [-0.2, -0.15) is 0 Å². The van der Waals surface area contributed by atoms with Gasteiger partial charge in [0.1, 0.15) is 34.9 Å². The summed E-state index contributed by atoms with van der Waals surface area (Å²) in [4.78, 5) is 88.3. The fraction of sp³-hybridized carbons (Fsp3) is 0.282. The molecule has 16 nitrogen and oxygen atoms in total. The van der Waals surface area contributed by atoms with Crippen molar-refractivity contribution < 1.29 is 106 Å². The van der Waals surface area contributed by atoms with Crippen molar-refractivity contribution in [2.45, 2.75) is 129 Å². The summed E-state index contributed by atoms with van der Waals surface area (Å²) in [6.07, 6.45) is 6.82. The number of rotatable bonds is 38. The molecule has 0 aliphatic carbocycles. The summed E-state index contributed by atoms with van der Waals surface area (Å²) in [6.45, 7) is 0. The summed E-state index contributed by atoms with van der Waals surface area (Å²) >= 11 is 34.7. The number of carboxylic acid groups (broad SMARTS) is 8. The van der Waals surface area contributed by atoms with E-state index < -0.39 is 47.8 Å². The first-order valence-corrected chi connectivity index (χ1v) is 42.9. The molecule has 608 valence electrons. The van der Waals surface area contributed by atoms with E-state index in [0.717, 1.165) is 83.4 Å². The second-order valence-electron chi connectivity index (χ2n) is 22.0. The zero-order valence-electron chi connectivity index (χ0n) is 59.8. The van der Waals surface area contributed by atoms with E-state index in [0.29, 0.717) is 73.5 Å². The number of carboxylic acids is 8.